The zero-order valence-corrected chi connectivity index (χ0v) is 9.36. The van der Waals surface area contributed by atoms with Crippen LogP contribution in [0.1, 0.15) is 5.69 Å². The monoisotopic (exact) mass is 211 g/mol. The van der Waals surface area contributed by atoms with E-state index in [2.05, 4.69) is 15.3 Å². The van der Waals surface area contributed by atoms with E-state index in [0.29, 0.717) is 13.2 Å². The lowest BCUT2D eigenvalue weighted by molar-refractivity contribution is 0.0365. The van der Waals surface area contributed by atoms with Gasteiger partial charge in [0.05, 0.1) is 18.4 Å². The van der Waals surface area contributed by atoms with E-state index < -0.39 is 0 Å². The second kappa shape index (κ2) is 6.31. The van der Waals surface area contributed by atoms with E-state index in [1.54, 1.807) is 26.6 Å². The van der Waals surface area contributed by atoms with Crippen molar-refractivity contribution in [3.63, 3.8) is 0 Å². The lowest BCUT2D eigenvalue weighted by atomic mass is 10.3. The van der Waals surface area contributed by atoms with Gasteiger partial charge in [-0.3, -0.25) is 4.98 Å². The number of anilines is 1. The third-order valence-corrected chi connectivity index (χ3v) is 2.06. The molecule has 5 nitrogen and oxygen atoms in total. The number of hydrogen-bond acceptors (Lipinski definition) is 5. The van der Waals surface area contributed by atoms with Crippen LogP contribution in [0.5, 0.6) is 0 Å². The zero-order chi connectivity index (χ0) is 11.1. The quantitative estimate of drug-likeness (QED) is 0.756. The number of nitrogens with one attached hydrogen (secondary N) is 1. The van der Waals surface area contributed by atoms with Crippen LogP contribution in [0.4, 0.5) is 5.82 Å². The Morgan fingerprint density at radius 1 is 1.33 bits per heavy atom. The van der Waals surface area contributed by atoms with Crippen LogP contribution in [0.15, 0.2) is 12.4 Å². The lowest BCUT2D eigenvalue weighted by Crippen LogP contribution is -2.27. The van der Waals surface area contributed by atoms with Crippen LogP contribution >= 0.6 is 0 Å². The summed E-state index contributed by atoms with van der Waals surface area (Å²) in [5.41, 5.74) is 0.879. The highest BCUT2D eigenvalue weighted by Crippen LogP contribution is 2.06. The van der Waals surface area contributed by atoms with Crippen LogP contribution in [-0.4, -0.2) is 43.4 Å². The molecule has 0 aliphatic rings. The first kappa shape index (κ1) is 11.9. The van der Waals surface area contributed by atoms with Gasteiger partial charge in [-0.2, -0.15) is 0 Å². The standard InChI is InChI=1S/C10H17N3O2/c1-8-10(12-5-4-11-8)13-6-9(15-3)7-14-2/h4-5,9H,6-7H2,1-3H3,(H,12,13). The Kier molecular flexibility index (Phi) is 5.00. The summed E-state index contributed by atoms with van der Waals surface area (Å²) in [4.78, 5) is 8.31. The largest absolute Gasteiger partial charge is 0.382 e. The molecule has 0 amide bonds. The van der Waals surface area contributed by atoms with Crippen LogP contribution in [0.3, 0.4) is 0 Å². The summed E-state index contributed by atoms with van der Waals surface area (Å²) in [7, 11) is 3.31. The first-order valence-corrected chi connectivity index (χ1v) is 4.81. The fourth-order valence-corrected chi connectivity index (χ4v) is 1.19. The number of methoxy groups -OCH3 is 2. The Hall–Kier alpha value is -1.20. The molecule has 1 atom stereocenters. The van der Waals surface area contributed by atoms with Gasteiger partial charge in [0, 0.05) is 33.2 Å². The molecule has 0 aliphatic carbocycles. The van der Waals surface area contributed by atoms with Gasteiger partial charge in [-0.25, -0.2) is 4.98 Å². The van der Waals surface area contributed by atoms with Crippen molar-refractivity contribution in [2.45, 2.75) is 13.0 Å². The van der Waals surface area contributed by atoms with Gasteiger partial charge in [-0.15, -0.1) is 0 Å². The minimum Gasteiger partial charge on any atom is -0.382 e. The molecule has 5 heteroatoms. The number of hydrogen-bond donors (Lipinski definition) is 1. The van der Waals surface area contributed by atoms with Gasteiger partial charge >= 0.3 is 0 Å². The Labute approximate surface area is 89.8 Å². The Bertz CT molecular complexity index is 294. The molecule has 1 aromatic heterocycles. The average molecular weight is 211 g/mol. The smallest absolute Gasteiger partial charge is 0.147 e. The maximum atomic E-state index is 5.22. The van der Waals surface area contributed by atoms with Crippen molar-refractivity contribution in [2.75, 3.05) is 32.7 Å². The number of rotatable bonds is 6. The Morgan fingerprint density at radius 3 is 2.67 bits per heavy atom. The van der Waals surface area contributed by atoms with Crippen molar-refractivity contribution in [3.05, 3.63) is 18.1 Å². The van der Waals surface area contributed by atoms with Gasteiger partial charge in [0.1, 0.15) is 5.82 Å². The second-order valence-electron chi connectivity index (χ2n) is 3.18. The number of nitrogens with zero attached hydrogens (tertiary/aromatic N) is 2. The first-order valence-electron chi connectivity index (χ1n) is 4.81. The van der Waals surface area contributed by atoms with E-state index in [0.717, 1.165) is 11.5 Å². The highest BCUT2D eigenvalue weighted by molar-refractivity contribution is 5.38. The van der Waals surface area contributed by atoms with Crippen LogP contribution < -0.4 is 5.32 Å². The summed E-state index contributed by atoms with van der Waals surface area (Å²) in [6.07, 6.45) is 3.35. The van der Waals surface area contributed by atoms with E-state index in [1.165, 1.54) is 0 Å². The van der Waals surface area contributed by atoms with Gasteiger partial charge in [0.2, 0.25) is 0 Å². The Morgan fingerprint density at radius 2 is 2.07 bits per heavy atom. The summed E-state index contributed by atoms with van der Waals surface area (Å²) >= 11 is 0. The molecule has 0 bridgehead atoms. The van der Waals surface area contributed by atoms with E-state index >= 15 is 0 Å². The summed E-state index contributed by atoms with van der Waals surface area (Å²) in [5.74, 6) is 0.788. The molecule has 0 aliphatic heterocycles. The van der Waals surface area contributed by atoms with Crippen molar-refractivity contribution in [1.29, 1.82) is 0 Å². The molecule has 0 spiro atoms. The van der Waals surface area contributed by atoms with Gasteiger partial charge in [-0.05, 0) is 6.92 Å². The summed E-state index contributed by atoms with van der Waals surface area (Å²) in [6.45, 7) is 3.13. The molecule has 1 rings (SSSR count). The van der Waals surface area contributed by atoms with Crippen LogP contribution in [0, 0.1) is 6.92 Å². The average Bonchev–Trinajstić information content (AvgIpc) is 2.26. The molecular weight excluding hydrogens is 194 g/mol. The molecule has 0 saturated heterocycles. The normalized spacial score (nSPS) is 12.5. The van der Waals surface area contributed by atoms with Gasteiger partial charge < -0.3 is 14.8 Å². The molecule has 1 N–H and O–H groups in total. The van der Waals surface area contributed by atoms with E-state index in [-0.39, 0.29) is 6.10 Å². The summed E-state index contributed by atoms with van der Waals surface area (Å²) in [5, 5.41) is 3.17. The van der Waals surface area contributed by atoms with E-state index in [1.807, 2.05) is 6.92 Å². The van der Waals surface area contributed by atoms with E-state index in [9.17, 15) is 0 Å². The van der Waals surface area contributed by atoms with Crippen LogP contribution in [-0.2, 0) is 9.47 Å². The summed E-state index contributed by atoms with van der Waals surface area (Å²) in [6, 6.07) is 0. The Balaban J connectivity index is 2.45. The fourth-order valence-electron chi connectivity index (χ4n) is 1.19. The van der Waals surface area contributed by atoms with Crippen molar-refractivity contribution >= 4 is 5.82 Å². The molecule has 1 aromatic rings. The van der Waals surface area contributed by atoms with Crippen LogP contribution in [0.2, 0.25) is 0 Å². The van der Waals surface area contributed by atoms with Crippen molar-refractivity contribution in [1.82, 2.24) is 9.97 Å². The highest BCUT2D eigenvalue weighted by Gasteiger charge is 2.07. The minimum atomic E-state index is 0.0245. The van der Waals surface area contributed by atoms with Gasteiger partial charge in [0.15, 0.2) is 0 Å². The van der Waals surface area contributed by atoms with Gasteiger partial charge in [-0.1, -0.05) is 0 Å². The maximum Gasteiger partial charge on any atom is 0.147 e. The third kappa shape index (κ3) is 3.81. The number of ether oxygens (including phenoxy) is 2. The first-order chi connectivity index (χ1) is 7.27. The molecule has 0 fully saturated rings. The summed E-state index contributed by atoms with van der Waals surface area (Å²) < 4.78 is 10.2. The molecular formula is C10H17N3O2. The predicted molar refractivity (Wildman–Crippen MR) is 57.9 cm³/mol. The fraction of sp³-hybridized carbons (Fsp3) is 0.600. The minimum absolute atomic E-state index is 0.0245. The molecule has 15 heavy (non-hydrogen) atoms. The highest BCUT2D eigenvalue weighted by atomic mass is 16.5. The van der Waals surface area contributed by atoms with Crippen molar-refractivity contribution < 1.29 is 9.47 Å². The third-order valence-electron chi connectivity index (χ3n) is 2.06. The zero-order valence-electron chi connectivity index (χ0n) is 9.36. The maximum absolute atomic E-state index is 5.22. The molecule has 1 unspecified atom stereocenters. The molecule has 0 aromatic carbocycles. The SMILES string of the molecule is COCC(CNc1nccnc1C)OC. The number of aryl methyl sites for hydroxylation is 1. The van der Waals surface area contributed by atoms with Crippen LogP contribution in [0.25, 0.3) is 0 Å². The van der Waals surface area contributed by atoms with Crippen molar-refractivity contribution in [2.24, 2.45) is 0 Å². The molecule has 0 radical (unpaired) electrons. The predicted octanol–water partition coefficient (Wildman–Crippen LogP) is 0.858. The number of aromatic nitrogens is 2. The lowest BCUT2D eigenvalue weighted by Gasteiger charge is -2.15. The molecule has 84 valence electrons. The molecule has 0 saturated carbocycles. The van der Waals surface area contributed by atoms with Crippen molar-refractivity contribution in [3.8, 4) is 0 Å². The van der Waals surface area contributed by atoms with Gasteiger partial charge in [0.25, 0.3) is 0 Å². The molecule has 1 heterocycles. The topological polar surface area (TPSA) is 56.3 Å². The van der Waals surface area contributed by atoms with E-state index in [4.69, 9.17) is 9.47 Å². The second-order valence-corrected chi connectivity index (χ2v) is 3.18.